The number of pyridine rings is 1. The second-order valence-corrected chi connectivity index (χ2v) is 8.96. The summed E-state index contributed by atoms with van der Waals surface area (Å²) in [5.74, 6) is 0.358. The van der Waals surface area contributed by atoms with Gasteiger partial charge in [-0.2, -0.15) is 0 Å². The first-order chi connectivity index (χ1) is 16.3. The molecule has 7 nitrogen and oxygen atoms in total. The molecule has 3 amide bonds. The molecular weight excluding hydrogens is 475 g/mol. The highest BCUT2D eigenvalue weighted by Crippen LogP contribution is 2.39. The lowest BCUT2D eigenvalue weighted by Crippen LogP contribution is -2.34. The van der Waals surface area contributed by atoms with Gasteiger partial charge in [0.2, 0.25) is 5.88 Å². The van der Waals surface area contributed by atoms with Crippen molar-refractivity contribution >= 4 is 46.5 Å². The van der Waals surface area contributed by atoms with E-state index in [0.717, 1.165) is 31.4 Å². The lowest BCUT2D eigenvalue weighted by atomic mass is 9.89. The number of urea groups is 1. The number of ether oxygens (including phenoxy) is 1. The lowest BCUT2D eigenvalue weighted by Gasteiger charge is -2.25. The van der Waals surface area contributed by atoms with Gasteiger partial charge >= 0.3 is 6.03 Å². The molecule has 9 heteroatoms. The van der Waals surface area contributed by atoms with Gasteiger partial charge in [0, 0.05) is 25.3 Å². The Hall–Kier alpha value is -3.29. The summed E-state index contributed by atoms with van der Waals surface area (Å²) in [5, 5.41) is 5.25. The van der Waals surface area contributed by atoms with Gasteiger partial charge in [-0.25, -0.2) is 9.78 Å². The summed E-state index contributed by atoms with van der Waals surface area (Å²) in [6.07, 6.45) is 5.61. The van der Waals surface area contributed by atoms with Crippen LogP contribution in [0.15, 0.2) is 48.7 Å². The molecule has 1 aromatic heterocycles. The average molecular weight is 499 g/mol. The zero-order chi connectivity index (χ0) is 24.2. The number of aromatic nitrogens is 1. The maximum atomic E-state index is 12.3. The van der Waals surface area contributed by atoms with Crippen LogP contribution >= 0.6 is 23.2 Å². The van der Waals surface area contributed by atoms with E-state index in [1.165, 1.54) is 35.1 Å². The first kappa shape index (κ1) is 23.9. The summed E-state index contributed by atoms with van der Waals surface area (Å²) < 4.78 is 6.08. The zero-order valence-electron chi connectivity index (χ0n) is 18.8. The van der Waals surface area contributed by atoms with E-state index >= 15 is 0 Å². The van der Waals surface area contributed by atoms with E-state index in [9.17, 15) is 9.59 Å². The number of nitrogens with zero attached hydrogens (tertiary/aromatic N) is 2. The molecule has 0 atom stereocenters. The molecule has 34 heavy (non-hydrogen) atoms. The van der Waals surface area contributed by atoms with Gasteiger partial charge < -0.3 is 15.0 Å². The number of rotatable bonds is 5. The van der Waals surface area contributed by atoms with Crippen molar-refractivity contribution in [1.82, 2.24) is 10.3 Å². The normalized spacial score (nSPS) is 12.5. The van der Waals surface area contributed by atoms with E-state index < -0.39 is 11.9 Å². The number of halogens is 2. The monoisotopic (exact) mass is 498 g/mol. The van der Waals surface area contributed by atoms with Crippen LogP contribution in [0.2, 0.25) is 10.0 Å². The molecule has 1 heterocycles. The van der Waals surface area contributed by atoms with Crippen molar-refractivity contribution in [3.8, 4) is 11.6 Å². The Bertz CT molecular complexity index is 1250. The average Bonchev–Trinajstić information content (AvgIpc) is 2.81. The number of hydrogen-bond donors (Lipinski definition) is 2. The van der Waals surface area contributed by atoms with Gasteiger partial charge in [0.25, 0.3) is 5.91 Å². The fourth-order valence-corrected chi connectivity index (χ4v) is 4.41. The van der Waals surface area contributed by atoms with Gasteiger partial charge in [-0.05, 0) is 61.6 Å². The van der Waals surface area contributed by atoms with Crippen molar-refractivity contribution in [2.75, 3.05) is 24.3 Å². The van der Waals surface area contributed by atoms with E-state index in [1.54, 1.807) is 18.2 Å². The number of imide groups is 1. The second kappa shape index (κ2) is 10.3. The topological polar surface area (TPSA) is 83.6 Å². The molecule has 0 aliphatic heterocycles. The molecule has 0 unspecified atom stereocenters. The van der Waals surface area contributed by atoms with Crippen LogP contribution in [0, 0.1) is 0 Å². The van der Waals surface area contributed by atoms with Crippen molar-refractivity contribution in [3.63, 3.8) is 0 Å². The Morgan fingerprint density at radius 2 is 1.74 bits per heavy atom. The summed E-state index contributed by atoms with van der Waals surface area (Å²) in [5.41, 5.74) is 4.17. The maximum absolute atomic E-state index is 12.3. The van der Waals surface area contributed by atoms with Crippen LogP contribution < -0.4 is 20.3 Å². The molecule has 2 N–H and O–H groups in total. The van der Waals surface area contributed by atoms with E-state index in [-0.39, 0.29) is 21.5 Å². The Kier molecular flexibility index (Phi) is 7.24. The zero-order valence-corrected chi connectivity index (χ0v) is 20.3. The van der Waals surface area contributed by atoms with Crippen molar-refractivity contribution in [2.45, 2.75) is 25.7 Å². The van der Waals surface area contributed by atoms with E-state index in [4.69, 9.17) is 27.9 Å². The Morgan fingerprint density at radius 1 is 1.00 bits per heavy atom. The number of carbonyl (C=O) groups is 2. The molecule has 1 aliphatic rings. The quantitative estimate of drug-likeness (QED) is 0.444. The van der Waals surface area contributed by atoms with Gasteiger partial charge in [0.1, 0.15) is 10.8 Å². The molecular formula is C25H24Cl2N4O3. The van der Waals surface area contributed by atoms with Crippen LogP contribution in [0.4, 0.5) is 16.2 Å². The number of nitrogens with one attached hydrogen (secondary N) is 2. The van der Waals surface area contributed by atoms with Crippen LogP contribution in [0.1, 0.15) is 34.3 Å². The summed E-state index contributed by atoms with van der Waals surface area (Å²) in [7, 11) is 4.07. The number of fused-ring (bicyclic) bond motifs is 1. The molecule has 0 spiro atoms. The van der Waals surface area contributed by atoms with Crippen molar-refractivity contribution in [1.29, 1.82) is 0 Å². The first-order valence-electron chi connectivity index (χ1n) is 10.9. The number of anilines is 2. The van der Waals surface area contributed by atoms with Crippen molar-refractivity contribution in [3.05, 3.63) is 75.4 Å². The van der Waals surface area contributed by atoms with E-state index in [2.05, 4.69) is 20.5 Å². The van der Waals surface area contributed by atoms with Gasteiger partial charge in [0.05, 0.1) is 22.5 Å². The fourth-order valence-electron chi connectivity index (χ4n) is 3.98. The van der Waals surface area contributed by atoms with Crippen LogP contribution in [-0.2, 0) is 12.8 Å². The highest BCUT2D eigenvalue weighted by Gasteiger charge is 2.20. The molecule has 3 aromatic rings. The third kappa shape index (κ3) is 5.26. The minimum Gasteiger partial charge on any atom is -0.437 e. The van der Waals surface area contributed by atoms with E-state index in [1.807, 2.05) is 26.2 Å². The van der Waals surface area contributed by atoms with Crippen LogP contribution in [0.3, 0.4) is 0 Å². The summed E-state index contributed by atoms with van der Waals surface area (Å²) in [6, 6.07) is 11.2. The fraction of sp³-hybridized carbons (Fsp3) is 0.240. The molecule has 1 aliphatic carbocycles. The number of amides is 3. The van der Waals surface area contributed by atoms with Crippen molar-refractivity contribution < 1.29 is 14.3 Å². The van der Waals surface area contributed by atoms with Gasteiger partial charge in [0.15, 0.2) is 0 Å². The molecule has 4 rings (SSSR count). The van der Waals surface area contributed by atoms with Gasteiger partial charge in [-0.15, -0.1) is 0 Å². The van der Waals surface area contributed by atoms with Crippen LogP contribution in [-0.4, -0.2) is 31.0 Å². The smallest absolute Gasteiger partial charge is 0.326 e. The Morgan fingerprint density at radius 3 is 2.44 bits per heavy atom. The third-order valence-corrected chi connectivity index (χ3v) is 6.17. The summed E-state index contributed by atoms with van der Waals surface area (Å²) in [4.78, 5) is 30.9. The highest BCUT2D eigenvalue weighted by atomic mass is 35.5. The number of carbonyl (C=O) groups excluding carboxylic acids is 2. The number of hydrogen-bond acceptors (Lipinski definition) is 5. The van der Waals surface area contributed by atoms with E-state index in [0.29, 0.717) is 5.69 Å². The minimum absolute atomic E-state index is 0.197. The predicted octanol–water partition coefficient (Wildman–Crippen LogP) is 6.09. The molecule has 0 saturated carbocycles. The van der Waals surface area contributed by atoms with Crippen LogP contribution in [0.25, 0.3) is 0 Å². The molecule has 176 valence electrons. The first-order valence-corrected chi connectivity index (χ1v) is 11.6. The molecule has 0 radical (unpaired) electrons. The Labute approximate surface area is 208 Å². The molecule has 2 aromatic carbocycles. The third-order valence-electron chi connectivity index (χ3n) is 5.57. The van der Waals surface area contributed by atoms with Gasteiger partial charge in [-0.3, -0.25) is 10.1 Å². The summed E-state index contributed by atoms with van der Waals surface area (Å²) >= 11 is 12.4. The SMILES string of the molecule is CN(C)c1ccc(Oc2ncc(NC(=O)NC(=O)c3ccccc3Cl)cc2Cl)c2c1CCCC2. The maximum Gasteiger partial charge on any atom is 0.326 e. The Balaban J connectivity index is 1.46. The van der Waals surface area contributed by atoms with Crippen LogP contribution in [0.5, 0.6) is 11.6 Å². The highest BCUT2D eigenvalue weighted by molar-refractivity contribution is 6.34. The number of benzene rings is 2. The standard InChI is InChI=1S/C25H24Cl2N4O3/c1-31(2)21-11-12-22(17-8-4-3-7-16(17)21)34-24-20(27)13-15(14-28-24)29-25(33)30-23(32)18-9-5-6-10-19(18)26/h5-6,9-14H,3-4,7-8H2,1-2H3,(H2,29,30,32,33). The lowest BCUT2D eigenvalue weighted by molar-refractivity contribution is 0.0967. The molecule has 0 bridgehead atoms. The molecule has 0 fully saturated rings. The summed E-state index contributed by atoms with van der Waals surface area (Å²) in [6.45, 7) is 0. The largest absolute Gasteiger partial charge is 0.437 e. The van der Waals surface area contributed by atoms with Gasteiger partial charge in [-0.1, -0.05) is 35.3 Å². The molecule has 0 saturated heterocycles. The minimum atomic E-state index is -0.732. The predicted molar refractivity (Wildman–Crippen MR) is 135 cm³/mol. The van der Waals surface area contributed by atoms with Crippen molar-refractivity contribution in [2.24, 2.45) is 0 Å². The second-order valence-electron chi connectivity index (χ2n) is 8.14.